The summed E-state index contributed by atoms with van der Waals surface area (Å²) in [6, 6.07) is 6.56. The monoisotopic (exact) mass is 373 g/mol. The van der Waals surface area contributed by atoms with Gasteiger partial charge in [0.1, 0.15) is 0 Å². The molecule has 0 aliphatic carbocycles. The van der Waals surface area contributed by atoms with Crippen molar-refractivity contribution in [3.63, 3.8) is 0 Å². The molecule has 0 bridgehead atoms. The fourth-order valence-corrected chi connectivity index (χ4v) is 2.11. The molecule has 0 saturated heterocycles. The minimum Gasteiger partial charge on any atom is -0.391 e. The minimum absolute atomic E-state index is 0.214. The van der Waals surface area contributed by atoms with E-state index in [-0.39, 0.29) is 5.82 Å². The van der Waals surface area contributed by atoms with Gasteiger partial charge in [-0.3, -0.25) is 0 Å². The molecule has 0 atom stereocenters. The van der Waals surface area contributed by atoms with Crippen molar-refractivity contribution in [1.82, 2.24) is 14.9 Å². The van der Waals surface area contributed by atoms with Crippen LogP contribution >= 0.6 is 11.6 Å². The fraction of sp³-hybridized carbons (Fsp3) is 0.312. The molecule has 0 fully saturated rings. The Morgan fingerprint density at radius 2 is 1.76 bits per heavy atom. The maximum absolute atomic E-state index is 13.1. The molecule has 1 aromatic heterocycles. The van der Waals surface area contributed by atoms with E-state index < -0.39 is 23.8 Å². The minimum atomic E-state index is -4.71. The molecule has 0 radical (unpaired) electrons. The van der Waals surface area contributed by atoms with Gasteiger partial charge in [-0.05, 0) is 38.1 Å². The number of alkyl halides is 3. The van der Waals surface area contributed by atoms with Gasteiger partial charge in [-0.1, -0.05) is 11.6 Å². The molecular weight excluding hydrogens is 359 g/mol. The standard InChI is InChI=1S/C16H15ClF3N3O2/c1-3-23(4-2)15(24)25-13-9-12(16(18,19)20)21-14(22-13)10-5-7-11(17)8-6-10/h5-9H,3-4H2,1-2H3. The maximum atomic E-state index is 13.1. The lowest BCUT2D eigenvalue weighted by molar-refractivity contribution is -0.141. The Bertz CT molecular complexity index is 747. The Balaban J connectivity index is 2.44. The highest BCUT2D eigenvalue weighted by Crippen LogP contribution is 2.31. The molecular formula is C16H15ClF3N3O2. The Hall–Kier alpha value is -2.35. The number of ether oxygens (including phenoxy) is 1. The quantitative estimate of drug-likeness (QED) is 0.782. The summed E-state index contributed by atoms with van der Waals surface area (Å²) < 4.78 is 44.3. The van der Waals surface area contributed by atoms with Crippen LogP contribution in [0.3, 0.4) is 0 Å². The first kappa shape index (κ1) is 19.0. The molecule has 1 aromatic carbocycles. The number of aromatic nitrogens is 2. The molecule has 0 spiro atoms. The molecule has 134 valence electrons. The van der Waals surface area contributed by atoms with Gasteiger partial charge >= 0.3 is 12.3 Å². The van der Waals surface area contributed by atoms with Crippen molar-refractivity contribution in [2.24, 2.45) is 0 Å². The number of hydrogen-bond acceptors (Lipinski definition) is 4. The van der Waals surface area contributed by atoms with Crippen LogP contribution in [0.1, 0.15) is 19.5 Å². The first-order valence-corrected chi connectivity index (χ1v) is 7.81. The summed E-state index contributed by atoms with van der Waals surface area (Å²) in [6.07, 6.45) is -5.49. The van der Waals surface area contributed by atoms with Crippen LogP contribution in [0.5, 0.6) is 5.88 Å². The summed E-state index contributed by atoms with van der Waals surface area (Å²) in [6.45, 7) is 4.17. The van der Waals surface area contributed by atoms with Crippen molar-refractivity contribution < 1.29 is 22.7 Å². The molecule has 5 nitrogen and oxygen atoms in total. The van der Waals surface area contributed by atoms with Gasteiger partial charge in [0.05, 0.1) is 0 Å². The second-order valence-electron chi connectivity index (χ2n) is 4.96. The summed E-state index contributed by atoms with van der Waals surface area (Å²) in [5, 5.41) is 0.420. The van der Waals surface area contributed by atoms with Crippen LogP contribution in [0, 0.1) is 0 Å². The number of benzene rings is 1. The zero-order valence-corrected chi connectivity index (χ0v) is 14.2. The van der Waals surface area contributed by atoms with Crippen LogP contribution in [0.15, 0.2) is 30.3 Å². The third-order valence-corrected chi connectivity index (χ3v) is 3.56. The largest absolute Gasteiger partial charge is 0.433 e. The van der Waals surface area contributed by atoms with Gasteiger partial charge in [-0.15, -0.1) is 0 Å². The highest BCUT2D eigenvalue weighted by molar-refractivity contribution is 6.30. The number of carbonyl (C=O) groups is 1. The highest BCUT2D eigenvalue weighted by atomic mass is 35.5. The number of amides is 1. The third kappa shape index (κ3) is 4.82. The average Bonchev–Trinajstić information content (AvgIpc) is 2.55. The van der Waals surface area contributed by atoms with Crippen molar-refractivity contribution in [2.45, 2.75) is 20.0 Å². The van der Waals surface area contributed by atoms with E-state index >= 15 is 0 Å². The van der Waals surface area contributed by atoms with E-state index in [1.807, 2.05) is 0 Å². The van der Waals surface area contributed by atoms with Crippen LogP contribution in [0.2, 0.25) is 5.02 Å². The molecule has 0 aliphatic heterocycles. The molecule has 2 rings (SSSR count). The summed E-state index contributed by atoms with van der Waals surface area (Å²) in [5.74, 6) is -0.682. The van der Waals surface area contributed by atoms with E-state index in [0.717, 1.165) is 0 Å². The van der Waals surface area contributed by atoms with Crippen molar-refractivity contribution >= 4 is 17.7 Å². The van der Waals surface area contributed by atoms with E-state index in [1.165, 1.54) is 29.2 Å². The molecule has 2 aromatic rings. The molecule has 9 heteroatoms. The number of rotatable bonds is 4. The summed E-state index contributed by atoms with van der Waals surface area (Å²) in [7, 11) is 0. The molecule has 0 N–H and O–H groups in total. The van der Waals surface area contributed by atoms with Gasteiger partial charge < -0.3 is 9.64 Å². The van der Waals surface area contributed by atoms with Crippen LogP contribution in [-0.4, -0.2) is 34.1 Å². The second-order valence-corrected chi connectivity index (χ2v) is 5.40. The predicted octanol–water partition coefficient (Wildman–Crippen LogP) is 4.66. The van der Waals surface area contributed by atoms with Gasteiger partial charge in [-0.25, -0.2) is 9.78 Å². The lowest BCUT2D eigenvalue weighted by Crippen LogP contribution is -2.33. The van der Waals surface area contributed by atoms with E-state index in [2.05, 4.69) is 9.97 Å². The average molecular weight is 374 g/mol. The normalized spacial score (nSPS) is 11.3. The molecule has 25 heavy (non-hydrogen) atoms. The van der Waals surface area contributed by atoms with Crippen molar-refractivity contribution in [2.75, 3.05) is 13.1 Å². The van der Waals surface area contributed by atoms with Crippen molar-refractivity contribution in [1.29, 1.82) is 0 Å². The topological polar surface area (TPSA) is 55.3 Å². The first-order chi connectivity index (χ1) is 11.7. The fourth-order valence-electron chi connectivity index (χ4n) is 1.99. The third-order valence-electron chi connectivity index (χ3n) is 3.31. The molecule has 0 unspecified atom stereocenters. The van der Waals surface area contributed by atoms with E-state index in [1.54, 1.807) is 13.8 Å². The second kappa shape index (κ2) is 7.69. The summed E-state index contributed by atoms with van der Waals surface area (Å²) >= 11 is 5.77. The van der Waals surface area contributed by atoms with Gasteiger partial charge in [0.15, 0.2) is 11.5 Å². The highest BCUT2D eigenvalue weighted by Gasteiger charge is 2.34. The van der Waals surface area contributed by atoms with Gasteiger partial charge in [0.2, 0.25) is 5.88 Å². The van der Waals surface area contributed by atoms with Crippen molar-refractivity contribution in [3.05, 3.63) is 41.0 Å². The first-order valence-electron chi connectivity index (χ1n) is 7.43. The molecule has 1 amide bonds. The Labute approximate surface area is 147 Å². The zero-order chi connectivity index (χ0) is 18.6. The molecule has 0 aliphatic rings. The molecule has 0 saturated carbocycles. The van der Waals surface area contributed by atoms with Crippen LogP contribution in [0.25, 0.3) is 11.4 Å². The van der Waals surface area contributed by atoms with Gasteiger partial charge in [0, 0.05) is 29.7 Å². The van der Waals surface area contributed by atoms with E-state index in [9.17, 15) is 18.0 Å². The SMILES string of the molecule is CCN(CC)C(=O)Oc1cc(C(F)(F)F)nc(-c2ccc(Cl)cc2)n1. The van der Waals surface area contributed by atoms with E-state index in [0.29, 0.717) is 29.7 Å². The summed E-state index contributed by atoms with van der Waals surface area (Å²) in [5.41, 5.74) is -0.884. The molecule has 1 heterocycles. The number of carbonyl (C=O) groups excluding carboxylic acids is 1. The van der Waals surface area contributed by atoms with Crippen molar-refractivity contribution in [3.8, 4) is 17.3 Å². The number of halogens is 4. The number of hydrogen-bond donors (Lipinski definition) is 0. The number of nitrogens with zero attached hydrogens (tertiary/aromatic N) is 3. The Morgan fingerprint density at radius 1 is 1.16 bits per heavy atom. The maximum Gasteiger partial charge on any atom is 0.433 e. The lowest BCUT2D eigenvalue weighted by atomic mass is 10.2. The Kier molecular flexibility index (Phi) is 5.84. The van der Waals surface area contributed by atoms with Gasteiger partial charge in [-0.2, -0.15) is 18.2 Å². The van der Waals surface area contributed by atoms with Crippen LogP contribution in [-0.2, 0) is 6.18 Å². The zero-order valence-electron chi connectivity index (χ0n) is 13.5. The summed E-state index contributed by atoms with van der Waals surface area (Å²) in [4.78, 5) is 20.7. The van der Waals surface area contributed by atoms with E-state index in [4.69, 9.17) is 16.3 Å². The predicted molar refractivity (Wildman–Crippen MR) is 86.4 cm³/mol. The smallest absolute Gasteiger partial charge is 0.391 e. The lowest BCUT2D eigenvalue weighted by Gasteiger charge is -2.18. The van der Waals surface area contributed by atoms with Gasteiger partial charge in [0.25, 0.3) is 0 Å². The Morgan fingerprint density at radius 3 is 2.28 bits per heavy atom. The van der Waals surface area contributed by atoms with Crippen LogP contribution < -0.4 is 4.74 Å². The van der Waals surface area contributed by atoms with Crippen LogP contribution in [0.4, 0.5) is 18.0 Å².